The van der Waals surface area contributed by atoms with Gasteiger partial charge in [-0.2, -0.15) is 0 Å². The van der Waals surface area contributed by atoms with Gasteiger partial charge in [0, 0.05) is 13.2 Å². The smallest absolute Gasteiger partial charge is 0.309 e. The summed E-state index contributed by atoms with van der Waals surface area (Å²) in [5.41, 5.74) is 0. The van der Waals surface area contributed by atoms with Crippen LogP contribution in [0.4, 0.5) is 0 Å². The SMILES string of the molecule is O=C(OCI)C1CCOCC1. The molecule has 1 rings (SSSR count). The molecule has 0 aliphatic carbocycles. The molecule has 1 aliphatic heterocycles. The van der Waals surface area contributed by atoms with Crippen molar-refractivity contribution >= 4 is 28.6 Å². The maximum absolute atomic E-state index is 11.1. The van der Waals surface area contributed by atoms with Gasteiger partial charge in [0.25, 0.3) is 0 Å². The monoisotopic (exact) mass is 270 g/mol. The van der Waals surface area contributed by atoms with Gasteiger partial charge in [0.15, 0.2) is 0 Å². The molecule has 1 fully saturated rings. The largest absolute Gasteiger partial charge is 0.455 e. The average molecular weight is 270 g/mol. The van der Waals surface area contributed by atoms with Gasteiger partial charge in [-0.3, -0.25) is 4.79 Å². The Bertz CT molecular complexity index is 132. The first-order chi connectivity index (χ1) is 5.34. The molecule has 1 aliphatic rings. The molecule has 0 bridgehead atoms. The van der Waals surface area contributed by atoms with Crippen LogP contribution >= 0.6 is 22.6 Å². The lowest BCUT2D eigenvalue weighted by Crippen LogP contribution is -2.24. The first-order valence-corrected chi connectivity index (χ1v) is 5.17. The summed E-state index contributed by atoms with van der Waals surface area (Å²) in [5.74, 6) is 0.0150. The summed E-state index contributed by atoms with van der Waals surface area (Å²) in [6.07, 6.45) is 1.63. The molecule has 0 atom stereocenters. The molecule has 11 heavy (non-hydrogen) atoms. The lowest BCUT2D eigenvalue weighted by Gasteiger charge is -2.19. The summed E-state index contributed by atoms with van der Waals surface area (Å²) in [6, 6.07) is 0. The Hall–Kier alpha value is 0.160. The fourth-order valence-corrected chi connectivity index (χ4v) is 1.41. The summed E-state index contributed by atoms with van der Waals surface area (Å²) in [6.45, 7) is 1.39. The molecule has 0 N–H and O–H groups in total. The number of alkyl halides is 1. The van der Waals surface area contributed by atoms with E-state index in [4.69, 9.17) is 9.47 Å². The third kappa shape index (κ3) is 2.94. The van der Waals surface area contributed by atoms with E-state index in [-0.39, 0.29) is 11.9 Å². The van der Waals surface area contributed by atoms with Crippen molar-refractivity contribution in [3.8, 4) is 0 Å². The maximum atomic E-state index is 11.1. The Morgan fingerprint density at radius 3 is 2.73 bits per heavy atom. The van der Waals surface area contributed by atoms with Crippen LogP contribution in [-0.2, 0) is 14.3 Å². The van der Waals surface area contributed by atoms with Crippen molar-refractivity contribution in [2.45, 2.75) is 12.8 Å². The number of rotatable bonds is 2. The summed E-state index contributed by atoms with van der Waals surface area (Å²) in [5, 5.41) is 0. The third-order valence-electron chi connectivity index (χ3n) is 1.75. The van der Waals surface area contributed by atoms with Crippen molar-refractivity contribution in [3.05, 3.63) is 0 Å². The van der Waals surface area contributed by atoms with Crippen molar-refractivity contribution in [2.75, 3.05) is 17.8 Å². The van der Waals surface area contributed by atoms with Gasteiger partial charge < -0.3 is 9.47 Å². The number of hydrogen-bond acceptors (Lipinski definition) is 3. The van der Waals surface area contributed by atoms with Gasteiger partial charge in [0.05, 0.1) is 5.92 Å². The van der Waals surface area contributed by atoms with E-state index in [0.29, 0.717) is 17.8 Å². The second-order valence-electron chi connectivity index (χ2n) is 2.46. The first-order valence-electron chi connectivity index (χ1n) is 3.65. The number of carbonyl (C=O) groups excluding carboxylic acids is 1. The summed E-state index contributed by atoms with van der Waals surface area (Å²) in [7, 11) is 0. The van der Waals surface area contributed by atoms with Crippen LogP contribution in [-0.4, -0.2) is 23.8 Å². The van der Waals surface area contributed by atoms with Crippen LogP contribution in [0.25, 0.3) is 0 Å². The Morgan fingerprint density at radius 2 is 2.18 bits per heavy atom. The van der Waals surface area contributed by atoms with E-state index in [2.05, 4.69) is 0 Å². The molecule has 4 heteroatoms. The maximum Gasteiger partial charge on any atom is 0.309 e. The van der Waals surface area contributed by atoms with Crippen molar-refractivity contribution in [1.82, 2.24) is 0 Å². The van der Waals surface area contributed by atoms with Crippen molar-refractivity contribution in [2.24, 2.45) is 5.92 Å². The summed E-state index contributed by atoms with van der Waals surface area (Å²) in [4.78, 5) is 11.1. The predicted octanol–water partition coefficient (Wildman–Crippen LogP) is 1.35. The molecule has 0 unspecified atom stereocenters. The van der Waals surface area contributed by atoms with Crippen LogP contribution in [0, 0.1) is 5.92 Å². The van der Waals surface area contributed by atoms with Gasteiger partial charge in [-0.05, 0) is 35.4 Å². The molecule has 1 saturated heterocycles. The zero-order chi connectivity index (χ0) is 8.10. The van der Waals surface area contributed by atoms with E-state index in [1.807, 2.05) is 22.6 Å². The highest BCUT2D eigenvalue weighted by molar-refractivity contribution is 14.1. The summed E-state index contributed by atoms with van der Waals surface area (Å²) < 4.78 is 10.4. The van der Waals surface area contributed by atoms with E-state index >= 15 is 0 Å². The number of hydrogen-bond donors (Lipinski definition) is 0. The number of esters is 1. The molecule has 1 heterocycles. The minimum atomic E-state index is -0.0669. The van der Waals surface area contributed by atoms with Crippen LogP contribution < -0.4 is 0 Å². The first kappa shape index (κ1) is 9.25. The standard InChI is InChI=1S/C7H11IO3/c8-5-11-7(9)6-1-3-10-4-2-6/h6H,1-5H2. The third-order valence-corrected chi connectivity index (χ3v) is 2.06. The van der Waals surface area contributed by atoms with Crippen LogP contribution in [0.3, 0.4) is 0 Å². The molecule has 0 spiro atoms. The van der Waals surface area contributed by atoms with E-state index in [9.17, 15) is 4.79 Å². The topological polar surface area (TPSA) is 35.5 Å². The highest BCUT2D eigenvalue weighted by atomic mass is 127. The average Bonchev–Trinajstić information content (AvgIpc) is 2.07. The molecule has 3 nitrogen and oxygen atoms in total. The van der Waals surface area contributed by atoms with Gasteiger partial charge >= 0.3 is 5.97 Å². The van der Waals surface area contributed by atoms with Crippen LogP contribution in [0.15, 0.2) is 0 Å². The van der Waals surface area contributed by atoms with Crippen LogP contribution in [0.2, 0.25) is 0 Å². The molecule has 64 valence electrons. The molecular weight excluding hydrogens is 259 g/mol. The number of carbonyl (C=O) groups is 1. The van der Waals surface area contributed by atoms with Crippen molar-refractivity contribution in [1.29, 1.82) is 0 Å². The molecule has 0 amide bonds. The van der Waals surface area contributed by atoms with E-state index in [1.165, 1.54) is 0 Å². The quantitative estimate of drug-likeness (QED) is 0.431. The van der Waals surface area contributed by atoms with Crippen LogP contribution in [0.5, 0.6) is 0 Å². The second-order valence-corrected chi connectivity index (χ2v) is 3.08. The van der Waals surface area contributed by atoms with Gasteiger partial charge in [-0.1, -0.05) is 0 Å². The highest BCUT2D eigenvalue weighted by Gasteiger charge is 2.22. The number of ether oxygens (including phenoxy) is 2. The lowest BCUT2D eigenvalue weighted by molar-refractivity contribution is -0.148. The molecule has 0 aromatic heterocycles. The van der Waals surface area contributed by atoms with Gasteiger partial charge in [-0.25, -0.2) is 0 Å². The minimum Gasteiger partial charge on any atom is -0.455 e. The zero-order valence-electron chi connectivity index (χ0n) is 6.22. The normalized spacial score (nSPS) is 19.7. The van der Waals surface area contributed by atoms with Crippen molar-refractivity contribution < 1.29 is 14.3 Å². The molecule has 0 aromatic carbocycles. The van der Waals surface area contributed by atoms with Crippen LogP contribution in [0.1, 0.15) is 12.8 Å². The molecule has 0 radical (unpaired) electrons. The zero-order valence-corrected chi connectivity index (χ0v) is 8.37. The van der Waals surface area contributed by atoms with Gasteiger partial charge in [-0.15, -0.1) is 0 Å². The van der Waals surface area contributed by atoms with E-state index < -0.39 is 0 Å². The molecule has 0 aromatic rings. The molecule has 0 saturated carbocycles. The lowest BCUT2D eigenvalue weighted by atomic mass is 10.0. The highest BCUT2D eigenvalue weighted by Crippen LogP contribution is 2.16. The summed E-state index contributed by atoms with van der Waals surface area (Å²) >= 11 is 2.02. The Labute approximate surface area is 79.6 Å². The minimum absolute atomic E-state index is 0.0669. The Kier molecular flexibility index (Phi) is 4.14. The van der Waals surface area contributed by atoms with E-state index in [1.54, 1.807) is 0 Å². The Morgan fingerprint density at radius 1 is 1.55 bits per heavy atom. The van der Waals surface area contributed by atoms with Gasteiger partial charge in [0.2, 0.25) is 0 Å². The Balaban J connectivity index is 2.27. The fourth-order valence-electron chi connectivity index (χ4n) is 1.10. The molecular formula is C7H11IO3. The fraction of sp³-hybridized carbons (Fsp3) is 0.857. The second kappa shape index (κ2) is 4.92. The predicted molar refractivity (Wildman–Crippen MR) is 48.5 cm³/mol. The number of halogens is 1. The van der Waals surface area contributed by atoms with E-state index in [0.717, 1.165) is 12.8 Å². The van der Waals surface area contributed by atoms with Gasteiger partial charge in [0.1, 0.15) is 4.61 Å². The van der Waals surface area contributed by atoms with Crippen molar-refractivity contribution in [3.63, 3.8) is 0 Å².